The Bertz CT molecular complexity index is 201. The molecular weight excluding hydrogens is 196 g/mol. The Hall–Kier alpha value is -0.300. The lowest BCUT2D eigenvalue weighted by atomic mass is 9.96. The molecule has 0 saturated heterocycles. The van der Waals surface area contributed by atoms with Gasteiger partial charge in [-0.05, 0) is 51.9 Å². The molecule has 1 N–H and O–H groups in total. The first-order valence-corrected chi connectivity index (χ1v) is 6.75. The summed E-state index contributed by atoms with van der Waals surface area (Å²) >= 11 is 0. The molecular formula is C15H30O. The zero-order chi connectivity index (χ0) is 12.6. The molecule has 0 aliphatic heterocycles. The van der Waals surface area contributed by atoms with Crippen LogP contribution >= 0.6 is 0 Å². The van der Waals surface area contributed by atoms with Crippen LogP contribution in [0.3, 0.4) is 0 Å². The molecule has 0 aliphatic rings. The average Bonchev–Trinajstić information content (AvgIpc) is 2.17. The van der Waals surface area contributed by atoms with Gasteiger partial charge in [-0.1, -0.05) is 38.8 Å². The fraction of sp³-hybridized carbons (Fsp3) is 0.867. The molecule has 0 radical (unpaired) electrons. The maximum atomic E-state index is 9.86. The molecule has 1 atom stereocenters. The van der Waals surface area contributed by atoms with Crippen molar-refractivity contribution in [2.45, 2.75) is 78.7 Å². The van der Waals surface area contributed by atoms with E-state index >= 15 is 0 Å². The monoisotopic (exact) mass is 226 g/mol. The molecule has 1 heteroatoms. The molecule has 0 aromatic rings. The second kappa shape index (κ2) is 7.89. The van der Waals surface area contributed by atoms with Crippen LogP contribution in [0.1, 0.15) is 73.1 Å². The average molecular weight is 226 g/mol. The molecule has 1 nitrogen and oxygen atoms in total. The van der Waals surface area contributed by atoms with Crippen molar-refractivity contribution in [3.8, 4) is 0 Å². The zero-order valence-electron chi connectivity index (χ0n) is 11.8. The summed E-state index contributed by atoms with van der Waals surface area (Å²) in [4.78, 5) is 0. The summed E-state index contributed by atoms with van der Waals surface area (Å²) in [5, 5.41) is 9.86. The van der Waals surface area contributed by atoms with Crippen LogP contribution in [0, 0.1) is 5.92 Å². The van der Waals surface area contributed by atoms with Gasteiger partial charge in [-0.25, -0.2) is 0 Å². The smallest absolute Gasteiger partial charge is 0.0620 e. The third-order valence-electron chi connectivity index (χ3n) is 3.29. The maximum absolute atomic E-state index is 9.86. The number of allylic oxidation sites excluding steroid dienone is 2. The van der Waals surface area contributed by atoms with Gasteiger partial charge in [0.05, 0.1) is 5.60 Å². The second-order valence-electron chi connectivity index (χ2n) is 5.73. The number of hydrogen-bond donors (Lipinski definition) is 1. The van der Waals surface area contributed by atoms with E-state index in [-0.39, 0.29) is 0 Å². The summed E-state index contributed by atoms with van der Waals surface area (Å²) in [5.41, 5.74) is 1.00. The lowest BCUT2D eigenvalue weighted by Gasteiger charge is -2.20. The fourth-order valence-electron chi connectivity index (χ4n) is 1.70. The summed E-state index contributed by atoms with van der Waals surface area (Å²) in [5.74, 6) is 0.814. The van der Waals surface area contributed by atoms with Crippen LogP contribution in [0.5, 0.6) is 0 Å². The molecule has 0 aliphatic carbocycles. The van der Waals surface area contributed by atoms with Crippen LogP contribution in [0.4, 0.5) is 0 Å². The van der Waals surface area contributed by atoms with E-state index in [4.69, 9.17) is 0 Å². The molecule has 1 unspecified atom stereocenters. The molecule has 0 aromatic heterocycles. The Labute approximate surface area is 102 Å². The van der Waals surface area contributed by atoms with E-state index in [1.54, 1.807) is 0 Å². The summed E-state index contributed by atoms with van der Waals surface area (Å²) in [6.07, 6.45) is 8.85. The first-order chi connectivity index (χ1) is 7.37. The van der Waals surface area contributed by atoms with Gasteiger partial charge in [-0.2, -0.15) is 0 Å². The number of aliphatic hydroxyl groups is 1. The molecule has 0 rings (SSSR count). The van der Waals surface area contributed by atoms with Crippen LogP contribution in [-0.2, 0) is 0 Å². The quantitative estimate of drug-likeness (QED) is 0.595. The number of hydrogen-bond acceptors (Lipinski definition) is 1. The van der Waals surface area contributed by atoms with E-state index in [9.17, 15) is 5.11 Å². The molecule has 0 amide bonds. The maximum Gasteiger partial charge on any atom is 0.0620 e. The van der Waals surface area contributed by atoms with E-state index in [0.29, 0.717) is 0 Å². The highest BCUT2D eigenvalue weighted by Gasteiger charge is 2.15. The highest BCUT2D eigenvalue weighted by molar-refractivity contribution is 4.98. The Kier molecular flexibility index (Phi) is 7.74. The van der Waals surface area contributed by atoms with Crippen LogP contribution in [-0.4, -0.2) is 10.7 Å². The first-order valence-electron chi connectivity index (χ1n) is 6.75. The standard InChI is InChI=1S/C15H30O/c1-6-15(5,16)12-8-11-14(4)10-7-9-13(2)3/h11,13,16H,6-10,12H2,1-5H3/b14-11+. The first kappa shape index (κ1) is 15.7. The van der Waals surface area contributed by atoms with Gasteiger partial charge in [-0.15, -0.1) is 0 Å². The van der Waals surface area contributed by atoms with Gasteiger partial charge in [-0.3, -0.25) is 0 Å². The van der Waals surface area contributed by atoms with E-state index in [1.807, 2.05) is 13.8 Å². The van der Waals surface area contributed by atoms with Crippen molar-refractivity contribution in [1.82, 2.24) is 0 Å². The molecule has 0 heterocycles. The molecule has 16 heavy (non-hydrogen) atoms. The predicted octanol–water partition coefficient (Wildman–Crippen LogP) is 4.70. The second-order valence-corrected chi connectivity index (χ2v) is 5.73. The molecule has 0 saturated carbocycles. The molecule has 0 spiro atoms. The van der Waals surface area contributed by atoms with Crippen LogP contribution < -0.4 is 0 Å². The fourth-order valence-corrected chi connectivity index (χ4v) is 1.70. The van der Waals surface area contributed by atoms with Crippen molar-refractivity contribution in [3.05, 3.63) is 11.6 Å². The van der Waals surface area contributed by atoms with Crippen molar-refractivity contribution in [2.75, 3.05) is 0 Å². The van der Waals surface area contributed by atoms with Crippen molar-refractivity contribution in [3.63, 3.8) is 0 Å². The molecule has 0 bridgehead atoms. The van der Waals surface area contributed by atoms with Crippen LogP contribution in [0.25, 0.3) is 0 Å². The summed E-state index contributed by atoms with van der Waals surface area (Å²) in [7, 11) is 0. The zero-order valence-corrected chi connectivity index (χ0v) is 11.8. The summed E-state index contributed by atoms with van der Waals surface area (Å²) in [6, 6.07) is 0. The van der Waals surface area contributed by atoms with Crippen LogP contribution in [0.15, 0.2) is 11.6 Å². The van der Waals surface area contributed by atoms with Gasteiger partial charge in [0.2, 0.25) is 0 Å². The Morgan fingerprint density at radius 3 is 2.50 bits per heavy atom. The van der Waals surface area contributed by atoms with Crippen molar-refractivity contribution < 1.29 is 5.11 Å². The van der Waals surface area contributed by atoms with Gasteiger partial charge in [0.25, 0.3) is 0 Å². The van der Waals surface area contributed by atoms with E-state index < -0.39 is 5.60 Å². The number of rotatable bonds is 8. The van der Waals surface area contributed by atoms with Gasteiger partial charge >= 0.3 is 0 Å². The minimum absolute atomic E-state index is 0.477. The minimum atomic E-state index is -0.477. The largest absolute Gasteiger partial charge is 0.390 e. The third kappa shape index (κ3) is 8.96. The predicted molar refractivity (Wildman–Crippen MR) is 72.6 cm³/mol. The van der Waals surface area contributed by atoms with Crippen molar-refractivity contribution in [2.24, 2.45) is 5.92 Å². The third-order valence-corrected chi connectivity index (χ3v) is 3.29. The topological polar surface area (TPSA) is 20.2 Å². The summed E-state index contributed by atoms with van der Waals surface area (Å²) in [6.45, 7) is 10.7. The lowest BCUT2D eigenvalue weighted by Crippen LogP contribution is -2.21. The summed E-state index contributed by atoms with van der Waals surface area (Å²) < 4.78 is 0. The Morgan fingerprint density at radius 2 is 2.00 bits per heavy atom. The van der Waals surface area contributed by atoms with E-state index in [1.165, 1.54) is 24.8 Å². The highest BCUT2D eigenvalue weighted by Crippen LogP contribution is 2.18. The SMILES string of the molecule is CCC(C)(O)CC/C=C(\C)CCCC(C)C. The molecule has 0 aromatic carbocycles. The van der Waals surface area contributed by atoms with Crippen molar-refractivity contribution in [1.29, 1.82) is 0 Å². The van der Waals surface area contributed by atoms with Gasteiger partial charge in [0.15, 0.2) is 0 Å². The van der Waals surface area contributed by atoms with E-state index in [0.717, 1.165) is 25.2 Å². The lowest BCUT2D eigenvalue weighted by molar-refractivity contribution is 0.0480. The van der Waals surface area contributed by atoms with E-state index in [2.05, 4.69) is 26.8 Å². The Morgan fingerprint density at radius 1 is 1.38 bits per heavy atom. The van der Waals surface area contributed by atoms with Crippen LogP contribution in [0.2, 0.25) is 0 Å². The van der Waals surface area contributed by atoms with Gasteiger partial charge in [0.1, 0.15) is 0 Å². The molecule has 0 fully saturated rings. The minimum Gasteiger partial charge on any atom is -0.390 e. The highest BCUT2D eigenvalue weighted by atomic mass is 16.3. The molecule has 96 valence electrons. The Balaban J connectivity index is 3.71. The van der Waals surface area contributed by atoms with Crippen molar-refractivity contribution >= 4 is 0 Å². The van der Waals surface area contributed by atoms with Gasteiger partial charge in [0, 0.05) is 0 Å². The van der Waals surface area contributed by atoms with Gasteiger partial charge < -0.3 is 5.11 Å². The normalized spacial score (nSPS) is 16.6.